The Morgan fingerprint density at radius 1 is 1.73 bits per heavy atom. The third-order valence-corrected chi connectivity index (χ3v) is 2.00. The zero-order valence-electron chi connectivity index (χ0n) is 6.81. The Morgan fingerprint density at radius 3 is 3.00 bits per heavy atom. The van der Waals surface area contributed by atoms with Gasteiger partial charge in [-0.3, -0.25) is 0 Å². The smallest absolute Gasteiger partial charge is 0.185 e. The van der Waals surface area contributed by atoms with E-state index in [4.69, 9.17) is 5.11 Å². The summed E-state index contributed by atoms with van der Waals surface area (Å²) in [6, 6.07) is 0. The van der Waals surface area contributed by atoms with Crippen molar-refractivity contribution in [2.75, 3.05) is 19.7 Å². The number of aliphatic hydroxyl groups excluding tert-OH is 1. The van der Waals surface area contributed by atoms with E-state index in [1.807, 2.05) is 7.98 Å². The van der Waals surface area contributed by atoms with Gasteiger partial charge in [0.15, 0.2) is 7.98 Å². The minimum Gasteiger partial charge on any atom is -0.389 e. The van der Waals surface area contributed by atoms with Crippen molar-refractivity contribution in [2.45, 2.75) is 12.8 Å². The molecule has 0 amide bonds. The van der Waals surface area contributed by atoms with Gasteiger partial charge in [-0.1, -0.05) is 0 Å². The number of hydrogen-bond donors (Lipinski definition) is 1. The second-order valence-corrected chi connectivity index (χ2v) is 3.01. The van der Waals surface area contributed by atoms with Crippen LogP contribution in [0.15, 0.2) is 11.4 Å². The number of halogens is 1. The SMILES string of the molecule is BN1CCC/C(=C(\F)CO)C1. The summed E-state index contributed by atoms with van der Waals surface area (Å²) in [7, 11) is 1.96. The van der Waals surface area contributed by atoms with Crippen LogP contribution in [-0.2, 0) is 0 Å². The predicted octanol–water partition coefficient (Wildman–Crippen LogP) is -0.154. The van der Waals surface area contributed by atoms with E-state index in [2.05, 4.69) is 4.81 Å². The van der Waals surface area contributed by atoms with Crippen molar-refractivity contribution in [1.29, 1.82) is 0 Å². The van der Waals surface area contributed by atoms with Crippen molar-refractivity contribution in [3.8, 4) is 0 Å². The topological polar surface area (TPSA) is 23.5 Å². The summed E-state index contributed by atoms with van der Waals surface area (Å²) in [5, 5.41) is 8.52. The number of hydrogen-bond acceptors (Lipinski definition) is 2. The van der Waals surface area contributed by atoms with Crippen molar-refractivity contribution >= 4 is 7.98 Å². The minimum atomic E-state index is -0.441. The number of rotatable bonds is 1. The van der Waals surface area contributed by atoms with Crippen LogP contribution < -0.4 is 0 Å². The maximum absolute atomic E-state index is 12.8. The Labute approximate surface area is 67.1 Å². The molecule has 0 bridgehead atoms. The molecule has 1 saturated heterocycles. The quantitative estimate of drug-likeness (QED) is 0.535. The van der Waals surface area contributed by atoms with E-state index in [0.717, 1.165) is 25.0 Å². The summed E-state index contributed by atoms with van der Waals surface area (Å²) in [5.41, 5.74) is 0.765. The Hall–Kier alpha value is -0.345. The van der Waals surface area contributed by atoms with Gasteiger partial charge in [-0.15, -0.1) is 0 Å². The summed E-state index contributed by atoms with van der Waals surface area (Å²) in [5.74, 6) is -0.337. The van der Waals surface area contributed by atoms with Crippen LogP contribution in [0.3, 0.4) is 0 Å². The molecule has 1 N–H and O–H groups in total. The van der Waals surface area contributed by atoms with Gasteiger partial charge >= 0.3 is 0 Å². The Kier molecular flexibility index (Phi) is 3.08. The Balaban J connectivity index is 2.58. The maximum Gasteiger partial charge on any atom is 0.185 e. The second kappa shape index (κ2) is 3.88. The first-order valence-corrected chi connectivity index (χ1v) is 3.90. The zero-order valence-corrected chi connectivity index (χ0v) is 6.81. The van der Waals surface area contributed by atoms with E-state index in [9.17, 15) is 4.39 Å². The van der Waals surface area contributed by atoms with E-state index in [0.29, 0.717) is 6.54 Å². The normalized spacial score (nSPS) is 25.3. The molecule has 2 nitrogen and oxygen atoms in total. The molecule has 0 aromatic heterocycles. The van der Waals surface area contributed by atoms with Gasteiger partial charge in [0.05, 0.1) is 6.61 Å². The Bertz CT molecular complexity index is 172. The highest BCUT2D eigenvalue weighted by Crippen LogP contribution is 2.17. The monoisotopic (exact) mass is 157 g/mol. The van der Waals surface area contributed by atoms with Gasteiger partial charge in [-0.25, -0.2) is 4.39 Å². The van der Waals surface area contributed by atoms with E-state index >= 15 is 0 Å². The summed E-state index contributed by atoms with van der Waals surface area (Å²) in [4.78, 5) is 2.06. The van der Waals surface area contributed by atoms with Crippen LogP contribution in [-0.4, -0.2) is 37.6 Å². The van der Waals surface area contributed by atoms with Crippen molar-refractivity contribution < 1.29 is 9.50 Å². The molecule has 0 aromatic rings. The molecule has 1 aliphatic heterocycles. The highest BCUT2D eigenvalue weighted by atomic mass is 19.1. The highest BCUT2D eigenvalue weighted by Gasteiger charge is 2.13. The largest absolute Gasteiger partial charge is 0.389 e. The number of nitrogens with zero attached hydrogens (tertiary/aromatic N) is 1. The first-order chi connectivity index (χ1) is 5.24. The zero-order chi connectivity index (χ0) is 8.27. The fourth-order valence-corrected chi connectivity index (χ4v) is 1.38. The molecule has 0 aliphatic carbocycles. The molecule has 1 fully saturated rings. The van der Waals surface area contributed by atoms with Crippen LogP contribution in [0.1, 0.15) is 12.8 Å². The van der Waals surface area contributed by atoms with Gasteiger partial charge in [0, 0.05) is 6.54 Å². The Morgan fingerprint density at radius 2 is 2.45 bits per heavy atom. The number of aliphatic hydroxyl groups is 1. The molecular weight excluding hydrogens is 144 g/mol. The van der Waals surface area contributed by atoms with Crippen molar-refractivity contribution in [2.24, 2.45) is 0 Å². The van der Waals surface area contributed by atoms with Gasteiger partial charge in [-0.2, -0.15) is 0 Å². The van der Waals surface area contributed by atoms with E-state index < -0.39 is 6.61 Å². The van der Waals surface area contributed by atoms with Crippen molar-refractivity contribution in [3.05, 3.63) is 11.4 Å². The second-order valence-electron chi connectivity index (χ2n) is 3.01. The van der Waals surface area contributed by atoms with Gasteiger partial charge in [0.2, 0.25) is 0 Å². The summed E-state index contributed by atoms with van der Waals surface area (Å²) < 4.78 is 12.8. The average Bonchev–Trinajstić information content (AvgIpc) is 2.03. The molecule has 0 unspecified atom stereocenters. The summed E-state index contributed by atoms with van der Waals surface area (Å²) in [6.45, 7) is 1.26. The minimum absolute atomic E-state index is 0.337. The van der Waals surface area contributed by atoms with Gasteiger partial charge in [-0.05, 0) is 25.0 Å². The molecule has 11 heavy (non-hydrogen) atoms. The molecule has 0 aromatic carbocycles. The first kappa shape index (κ1) is 8.75. The van der Waals surface area contributed by atoms with Gasteiger partial charge in [0.1, 0.15) is 5.83 Å². The standard InChI is InChI=1S/C7H13BFNO/c8-10-3-1-2-6(4-10)7(9)5-11/h11H,1-5,8H2/b7-6+. The summed E-state index contributed by atoms with van der Waals surface area (Å²) >= 11 is 0. The van der Waals surface area contributed by atoms with E-state index in [1.165, 1.54) is 0 Å². The molecule has 4 heteroatoms. The van der Waals surface area contributed by atoms with Crippen molar-refractivity contribution in [3.63, 3.8) is 0 Å². The lowest BCUT2D eigenvalue weighted by Gasteiger charge is -2.25. The van der Waals surface area contributed by atoms with Crippen LogP contribution in [0.25, 0.3) is 0 Å². The van der Waals surface area contributed by atoms with E-state index in [1.54, 1.807) is 0 Å². The van der Waals surface area contributed by atoms with Crippen molar-refractivity contribution in [1.82, 2.24) is 4.81 Å². The van der Waals surface area contributed by atoms with Gasteiger partial charge in [0.25, 0.3) is 0 Å². The fraction of sp³-hybridized carbons (Fsp3) is 0.714. The average molecular weight is 157 g/mol. The lowest BCUT2D eigenvalue weighted by atomic mass is 10.0. The third kappa shape index (κ3) is 2.31. The molecule has 62 valence electrons. The van der Waals surface area contributed by atoms with Crippen LogP contribution in [0.2, 0.25) is 0 Å². The molecule has 0 saturated carbocycles. The molecule has 1 heterocycles. The van der Waals surface area contributed by atoms with Crippen LogP contribution >= 0.6 is 0 Å². The predicted molar refractivity (Wildman–Crippen MR) is 44.6 cm³/mol. The molecule has 0 atom stereocenters. The van der Waals surface area contributed by atoms with E-state index in [-0.39, 0.29) is 5.83 Å². The lowest BCUT2D eigenvalue weighted by Crippen LogP contribution is -2.29. The van der Waals surface area contributed by atoms with Gasteiger partial charge < -0.3 is 9.92 Å². The molecule has 0 radical (unpaired) electrons. The molecule has 1 rings (SSSR count). The maximum atomic E-state index is 12.8. The lowest BCUT2D eigenvalue weighted by molar-refractivity contribution is 0.289. The van der Waals surface area contributed by atoms with Crippen LogP contribution in [0.5, 0.6) is 0 Å². The molecular formula is C7H13BFNO. The number of piperidine rings is 1. The summed E-state index contributed by atoms with van der Waals surface area (Å²) in [6.07, 6.45) is 1.80. The fourth-order valence-electron chi connectivity index (χ4n) is 1.38. The highest BCUT2D eigenvalue weighted by molar-refractivity contribution is 6.04. The first-order valence-electron chi connectivity index (χ1n) is 3.90. The molecule has 0 spiro atoms. The molecule has 1 aliphatic rings. The third-order valence-electron chi connectivity index (χ3n) is 2.00. The van der Waals surface area contributed by atoms with Crippen LogP contribution in [0.4, 0.5) is 4.39 Å². The van der Waals surface area contributed by atoms with Crippen LogP contribution in [0, 0.1) is 0 Å².